The van der Waals surface area contributed by atoms with E-state index in [2.05, 4.69) is 5.32 Å². The lowest BCUT2D eigenvalue weighted by Gasteiger charge is -2.29. The molecule has 2 unspecified atom stereocenters. The Labute approximate surface area is 175 Å². The van der Waals surface area contributed by atoms with E-state index in [1.165, 1.54) is 13.0 Å². The van der Waals surface area contributed by atoms with Crippen LogP contribution in [0.5, 0.6) is 0 Å². The van der Waals surface area contributed by atoms with Crippen LogP contribution in [-0.4, -0.2) is 32.7 Å². The third kappa shape index (κ3) is 6.48. The van der Waals surface area contributed by atoms with Gasteiger partial charge in [-0.1, -0.05) is 36.4 Å². The number of anilines is 1. The second kappa shape index (κ2) is 9.51. The smallest absolute Gasteiger partial charge is 0.352 e. The number of halogens is 3. The molecule has 0 saturated carbocycles. The quantitative estimate of drug-likeness (QED) is 0.672. The fraction of sp³-hybridized carbons (Fsp3) is 0.381. The predicted molar refractivity (Wildman–Crippen MR) is 111 cm³/mol. The van der Waals surface area contributed by atoms with E-state index in [1.54, 1.807) is 6.92 Å². The Morgan fingerprint density at radius 3 is 2.27 bits per heavy atom. The van der Waals surface area contributed by atoms with Gasteiger partial charge in [-0.05, 0) is 50.5 Å². The van der Waals surface area contributed by atoms with Gasteiger partial charge in [-0.2, -0.15) is 13.2 Å². The van der Waals surface area contributed by atoms with Crippen LogP contribution in [0.4, 0.5) is 18.9 Å². The van der Waals surface area contributed by atoms with Crippen LogP contribution in [0.1, 0.15) is 31.4 Å². The summed E-state index contributed by atoms with van der Waals surface area (Å²) in [6.07, 6.45) is -2.42. The van der Waals surface area contributed by atoms with Crippen LogP contribution in [0.15, 0.2) is 54.6 Å². The number of amides is 1. The molecule has 0 fully saturated rings. The zero-order valence-electron chi connectivity index (χ0n) is 17.0. The third-order valence-corrected chi connectivity index (χ3v) is 5.86. The topological polar surface area (TPSA) is 66.5 Å². The van der Waals surface area contributed by atoms with Crippen molar-refractivity contribution >= 4 is 21.6 Å². The van der Waals surface area contributed by atoms with Gasteiger partial charge in [0, 0.05) is 6.04 Å². The summed E-state index contributed by atoms with van der Waals surface area (Å²) in [7, 11) is -4.01. The molecule has 164 valence electrons. The number of nitrogens with zero attached hydrogens (tertiary/aromatic N) is 1. The Morgan fingerprint density at radius 2 is 1.70 bits per heavy atom. The van der Waals surface area contributed by atoms with E-state index in [1.807, 2.05) is 30.3 Å². The highest BCUT2D eigenvalue weighted by molar-refractivity contribution is 7.92. The average molecular weight is 443 g/mol. The van der Waals surface area contributed by atoms with Gasteiger partial charge in [0.1, 0.15) is 6.04 Å². The molecule has 2 aromatic rings. The van der Waals surface area contributed by atoms with Gasteiger partial charge in [-0.25, -0.2) is 8.42 Å². The van der Waals surface area contributed by atoms with E-state index in [0.29, 0.717) is 10.7 Å². The lowest BCUT2D eigenvalue weighted by atomic mass is 10.1. The van der Waals surface area contributed by atoms with Crippen molar-refractivity contribution < 1.29 is 26.4 Å². The van der Waals surface area contributed by atoms with Crippen molar-refractivity contribution in [2.45, 2.75) is 44.9 Å². The van der Waals surface area contributed by atoms with Crippen LogP contribution in [0.2, 0.25) is 0 Å². The largest absolute Gasteiger partial charge is 0.416 e. The molecule has 1 N–H and O–H groups in total. The van der Waals surface area contributed by atoms with Crippen molar-refractivity contribution in [2.24, 2.45) is 0 Å². The number of carbonyl (C=O) groups excluding carboxylic acids is 1. The Bertz CT molecular complexity index is 963. The summed E-state index contributed by atoms with van der Waals surface area (Å²) in [5.41, 5.74) is -0.0993. The molecule has 0 aliphatic rings. The van der Waals surface area contributed by atoms with Crippen molar-refractivity contribution in [1.82, 2.24) is 5.32 Å². The summed E-state index contributed by atoms with van der Waals surface area (Å²) in [4.78, 5) is 12.7. The SMILES string of the molecule is CC(CCc1ccccc1)NC(=O)C(C)N(c1cccc(C(F)(F)F)c1)S(C)(=O)=O. The minimum absolute atomic E-state index is 0.216. The van der Waals surface area contributed by atoms with Gasteiger partial charge in [-0.15, -0.1) is 0 Å². The van der Waals surface area contributed by atoms with Crippen molar-refractivity contribution in [3.05, 3.63) is 65.7 Å². The molecule has 0 heterocycles. The molecule has 30 heavy (non-hydrogen) atoms. The molecular weight excluding hydrogens is 417 g/mol. The number of hydrogen-bond donors (Lipinski definition) is 1. The molecule has 2 atom stereocenters. The van der Waals surface area contributed by atoms with E-state index >= 15 is 0 Å². The van der Waals surface area contributed by atoms with Crippen LogP contribution in [0.3, 0.4) is 0 Å². The fourth-order valence-electron chi connectivity index (χ4n) is 3.09. The molecule has 0 spiro atoms. The van der Waals surface area contributed by atoms with Gasteiger partial charge >= 0.3 is 6.18 Å². The molecule has 0 aliphatic carbocycles. The van der Waals surface area contributed by atoms with E-state index in [4.69, 9.17) is 0 Å². The lowest BCUT2D eigenvalue weighted by molar-refractivity contribution is -0.137. The van der Waals surface area contributed by atoms with E-state index in [9.17, 15) is 26.4 Å². The standard InChI is InChI=1S/C21H25F3N2O3S/c1-15(12-13-17-8-5-4-6-9-17)25-20(27)16(2)26(30(3,28)29)19-11-7-10-18(14-19)21(22,23)24/h4-11,14-16H,12-13H2,1-3H3,(H,25,27). The van der Waals surface area contributed by atoms with Gasteiger partial charge in [0.2, 0.25) is 15.9 Å². The highest BCUT2D eigenvalue weighted by Gasteiger charge is 2.34. The molecule has 0 aliphatic heterocycles. The zero-order chi connectivity index (χ0) is 22.5. The van der Waals surface area contributed by atoms with E-state index < -0.39 is 33.7 Å². The molecule has 0 aromatic heterocycles. The van der Waals surface area contributed by atoms with Crippen molar-refractivity contribution in [3.8, 4) is 0 Å². The van der Waals surface area contributed by atoms with Crippen LogP contribution >= 0.6 is 0 Å². The fourth-order valence-corrected chi connectivity index (χ4v) is 4.26. The molecule has 0 bridgehead atoms. The monoisotopic (exact) mass is 442 g/mol. The molecule has 0 saturated heterocycles. The highest BCUT2D eigenvalue weighted by atomic mass is 32.2. The second-order valence-electron chi connectivity index (χ2n) is 7.22. The zero-order valence-corrected chi connectivity index (χ0v) is 17.8. The Balaban J connectivity index is 2.15. The first-order chi connectivity index (χ1) is 13.9. The summed E-state index contributed by atoms with van der Waals surface area (Å²) >= 11 is 0. The molecule has 0 radical (unpaired) electrons. The highest BCUT2D eigenvalue weighted by Crippen LogP contribution is 2.32. The third-order valence-electron chi connectivity index (χ3n) is 4.61. The molecule has 2 rings (SSSR count). The average Bonchev–Trinajstić information content (AvgIpc) is 2.65. The van der Waals surface area contributed by atoms with Crippen molar-refractivity contribution in [1.29, 1.82) is 0 Å². The summed E-state index contributed by atoms with van der Waals surface area (Å²) in [6.45, 7) is 3.14. The number of rotatable bonds is 8. The summed E-state index contributed by atoms with van der Waals surface area (Å²) < 4.78 is 64.4. The number of hydrogen-bond acceptors (Lipinski definition) is 3. The van der Waals surface area contributed by atoms with E-state index in [0.717, 1.165) is 36.4 Å². The maximum Gasteiger partial charge on any atom is 0.416 e. The summed E-state index contributed by atoms with van der Waals surface area (Å²) in [6, 6.07) is 12.1. The van der Waals surface area contributed by atoms with Crippen LogP contribution in [-0.2, 0) is 27.4 Å². The predicted octanol–water partition coefficient (Wildman–Crippen LogP) is 4.00. The van der Waals surface area contributed by atoms with Crippen LogP contribution in [0.25, 0.3) is 0 Å². The lowest BCUT2D eigenvalue weighted by Crippen LogP contribution is -2.50. The first-order valence-corrected chi connectivity index (χ1v) is 11.3. The second-order valence-corrected chi connectivity index (χ2v) is 9.08. The van der Waals surface area contributed by atoms with Gasteiger partial charge in [0.15, 0.2) is 0 Å². The number of sulfonamides is 1. The normalized spacial score (nSPS) is 14.1. The molecule has 1 amide bonds. The Hall–Kier alpha value is -2.55. The number of nitrogens with one attached hydrogen (secondary N) is 1. The van der Waals surface area contributed by atoms with E-state index in [-0.39, 0.29) is 11.7 Å². The summed E-state index contributed by atoms with van der Waals surface area (Å²) in [5, 5.41) is 2.75. The first-order valence-electron chi connectivity index (χ1n) is 9.40. The van der Waals surface area contributed by atoms with Crippen LogP contribution < -0.4 is 9.62 Å². The Kier molecular flexibility index (Phi) is 7.52. The number of benzene rings is 2. The van der Waals surface area contributed by atoms with Crippen molar-refractivity contribution in [3.63, 3.8) is 0 Å². The molecular formula is C21H25F3N2O3S. The maximum absolute atomic E-state index is 13.0. The van der Waals surface area contributed by atoms with Gasteiger partial charge in [0.05, 0.1) is 17.5 Å². The van der Waals surface area contributed by atoms with Gasteiger partial charge < -0.3 is 5.32 Å². The number of aryl methyl sites for hydroxylation is 1. The molecule has 9 heteroatoms. The first kappa shape index (κ1) is 23.7. The van der Waals surface area contributed by atoms with Gasteiger partial charge in [0.25, 0.3) is 0 Å². The molecule has 5 nitrogen and oxygen atoms in total. The summed E-state index contributed by atoms with van der Waals surface area (Å²) in [5.74, 6) is -0.585. The minimum atomic E-state index is -4.63. The number of carbonyl (C=O) groups is 1. The van der Waals surface area contributed by atoms with Gasteiger partial charge in [-0.3, -0.25) is 9.10 Å². The molecule has 2 aromatic carbocycles. The minimum Gasteiger partial charge on any atom is -0.352 e. The maximum atomic E-state index is 13.0. The Morgan fingerprint density at radius 1 is 1.07 bits per heavy atom. The van der Waals surface area contributed by atoms with Crippen LogP contribution in [0, 0.1) is 0 Å². The van der Waals surface area contributed by atoms with Crippen molar-refractivity contribution in [2.75, 3.05) is 10.6 Å². The number of alkyl halides is 3.